The molecule has 4 heteroatoms. The molecule has 2 saturated carbocycles. The van der Waals surface area contributed by atoms with E-state index in [-0.39, 0.29) is 5.56 Å². The number of nitrogens with zero attached hydrogens (tertiary/aromatic N) is 2. The van der Waals surface area contributed by atoms with E-state index in [1.165, 1.54) is 37.7 Å². The second-order valence-corrected chi connectivity index (χ2v) is 5.31. The molecule has 2 aliphatic carbocycles. The van der Waals surface area contributed by atoms with Crippen LogP contribution < -0.4 is 5.56 Å². The van der Waals surface area contributed by atoms with Gasteiger partial charge in [0.15, 0.2) is 5.65 Å². The van der Waals surface area contributed by atoms with Gasteiger partial charge >= 0.3 is 0 Å². The summed E-state index contributed by atoms with van der Waals surface area (Å²) < 4.78 is 1.58. The molecule has 17 heavy (non-hydrogen) atoms. The zero-order valence-electron chi connectivity index (χ0n) is 9.65. The number of nitrogens with one attached hydrogen (secondary N) is 1. The first-order valence-corrected chi connectivity index (χ1v) is 6.44. The third-order valence-electron chi connectivity index (χ3n) is 4.09. The van der Waals surface area contributed by atoms with Gasteiger partial charge in [0, 0.05) is 23.7 Å². The van der Waals surface area contributed by atoms with Gasteiger partial charge in [-0.05, 0) is 31.6 Å². The van der Waals surface area contributed by atoms with E-state index in [0.29, 0.717) is 11.8 Å². The third kappa shape index (κ3) is 1.36. The predicted octanol–water partition coefficient (Wildman–Crippen LogP) is 2.17. The number of H-pyrrole nitrogens is 1. The predicted molar refractivity (Wildman–Crippen MR) is 64.4 cm³/mol. The fraction of sp³-hybridized carbons (Fsp3) is 0.538. The summed E-state index contributed by atoms with van der Waals surface area (Å²) in [4.78, 5) is 16.7. The Bertz CT molecular complexity index is 632. The molecule has 0 atom stereocenters. The average Bonchev–Trinajstić information content (AvgIpc) is 2.97. The van der Waals surface area contributed by atoms with Crippen molar-refractivity contribution in [3.63, 3.8) is 0 Å². The molecule has 4 rings (SSSR count). The number of fused-ring (bicyclic) bond motifs is 1. The Hall–Kier alpha value is -1.58. The molecule has 0 saturated heterocycles. The van der Waals surface area contributed by atoms with E-state index >= 15 is 0 Å². The molecule has 0 bridgehead atoms. The fourth-order valence-corrected chi connectivity index (χ4v) is 2.62. The molecule has 0 unspecified atom stereocenters. The van der Waals surface area contributed by atoms with Gasteiger partial charge in [0.1, 0.15) is 0 Å². The summed E-state index contributed by atoms with van der Waals surface area (Å²) in [6.07, 6.45) is 8.06. The van der Waals surface area contributed by atoms with Crippen LogP contribution in [-0.4, -0.2) is 14.6 Å². The van der Waals surface area contributed by atoms with Crippen molar-refractivity contribution in [3.05, 3.63) is 33.9 Å². The molecule has 2 heterocycles. The van der Waals surface area contributed by atoms with Crippen LogP contribution in [0.2, 0.25) is 0 Å². The quantitative estimate of drug-likeness (QED) is 0.858. The van der Waals surface area contributed by atoms with E-state index in [4.69, 9.17) is 4.98 Å². The van der Waals surface area contributed by atoms with Crippen LogP contribution in [0.15, 0.2) is 17.1 Å². The lowest BCUT2D eigenvalue weighted by molar-refractivity contribution is 0.411. The van der Waals surface area contributed by atoms with Gasteiger partial charge in [-0.2, -0.15) is 0 Å². The maximum absolute atomic E-state index is 12.0. The maximum atomic E-state index is 12.0. The summed E-state index contributed by atoms with van der Waals surface area (Å²) in [6.45, 7) is 0. The second-order valence-electron chi connectivity index (χ2n) is 5.31. The Labute approximate surface area is 98.7 Å². The monoisotopic (exact) mass is 229 g/mol. The van der Waals surface area contributed by atoms with Crippen LogP contribution in [0.4, 0.5) is 0 Å². The molecule has 2 aliphatic rings. The minimum Gasteiger partial charge on any atom is -0.297 e. The Balaban J connectivity index is 1.93. The molecule has 1 N–H and O–H groups in total. The zero-order valence-corrected chi connectivity index (χ0v) is 9.65. The molecule has 2 aromatic rings. The SMILES string of the molecule is O=c1cc(C2CCC2)nc2c(C3CC3)c[nH]n12. The molecule has 0 spiro atoms. The second kappa shape index (κ2) is 3.22. The summed E-state index contributed by atoms with van der Waals surface area (Å²) in [7, 11) is 0. The van der Waals surface area contributed by atoms with Gasteiger partial charge in [0.2, 0.25) is 0 Å². The molecule has 88 valence electrons. The van der Waals surface area contributed by atoms with Crippen LogP contribution in [0.25, 0.3) is 5.65 Å². The first kappa shape index (κ1) is 9.45. The Morgan fingerprint density at radius 2 is 2.06 bits per heavy atom. The highest BCUT2D eigenvalue weighted by Crippen LogP contribution is 2.42. The van der Waals surface area contributed by atoms with Crippen molar-refractivity contribution in [1.82, 2.24) is 14.6 Å². The van der Waals surface area contributed by atoms with Crippen molar-refractivity contribution >= 4 is 5.65 Å². The van der Waals surface area contributed by atoms with Gasteiger partial charge in [-0.1, -0.05) is 6.42 Å². The van der Waals surface area contributed by atoms with Crippen LogP contribution in [0.1, 0.15) is 55.2 Å². The summed E-state index contributed by atoms with van der Waals surface area (Å²) in [5.74, 6) is 1.15. The van der Waals surface area contributed by atoms with Gasteiger partial charge in [-0.15, -0.1) is 0 Å². The largest absolute Gasteiger partial charge is 0.297 e. The van der Waals surface area contributed by atoms with Crippen molar-refractivity contribution in [2.45, 2.75) is 43.9 Å². The van der Waals surface area contributed by atoms with E-state index in [2.05, 4.69) is 5.10 Å². The van der Waals surface area contributed by atoms with Gasteiger partial charge in [-0.3, -0.25) is 9.89 Å². The molecule has 4 nitrogen and oxygen atoms in total. The van der Waals surface area contributed by atoms with E-state index in [1.54, 1.807) is 10.6 Å². The summed E-state index contributed by atoms with van der Waals surface area (Å²) >= 11 is 0. The van der Waals surface area contributed by atoms with Gasteiger partial charge in [0.25, 0.3) is 5.56 Å². The van der Waals surface area contributed by atoms with Gasteiger partial charge < -0.3 is 0 Å². The highest BCUT2D eigenvalue weighted by atomic mass is 16.1. The molecule has 2 aromatic heterocycles. The van der Waals surface area contributed by atoms with Crippen LogP contribution in [0, 0.1) is 0 Å². The molecular weight excluding hydrogens is 214 g/mol. The minimum absolute atomic E-state index is 0.0313. The van der Waals surface area contributed by atoms with Crippen LogP contribution in [-0.2, 0) is 0 Å². The third-order valence-corrected chi connectivity index (χ3v) is 4.09. The Kier molecular flexibility index (Phi) is 1.79. The number of aromatic amines is 1. The molecule has 2 fully saturated rings. The standard InChI is InChI=1S/C13H15N3O/c17-12-6-11(9-2-1-3-9)15-13-10(8-4-5-8)7-14-16(12)13/h6-9,14H,1-5H2. The highest BCUT2D eigenvalue weighted by molar-refractivity contribution is 5.50. The number of aromatic nitrogens is 3. The normalized spacial score (nSPS) is 20.7. The van der Waals surface area contributed by atoms with Gasteiger partial charge in [0.05, 0.1) is 5.69 Å². The number of rotatable bonds is 2. The molecule has 0 aliphatic heterocycles. The zero-order chi connectivity index (χ0) is 11.4. The van der Waals surface area contributed by atoms with Gasteiger partial charge in [-0.25, -0.2) is 9.50 Å². The first-order chi connectivity index (χ1) is 8.33. The van der Waals surface area contributed by atoms with Crippen LogP contribution >= 0.6 is 0 Å². The van der Waals surface area contributed by atoms with Crippen molar-refractivity contribution in [3.8, 4) is 0 Å². The van der Waals surface area contributed by atoms with Crippen molar-refractivity contribution in [2.24, 2.45) is 0 Å². The smallest absolute Gasteiger partial charge is 0.272 e. The van der Waals surface area contributed by atoms with E-state index in [9.17, 15) is 4.79 Å². The van der Waals surface area contributed by atoms with Crippen molar-refractivity contribution < 1.29 is 0 Å². The molecular formula is C13H15N3O. The lowest BCUT2D eigenvalue weighted by Crippen LogP contribution is -2.19. The molecule has 0 radical (unpaired) electrons. The van der Waals surface area contributed by atoms with Crippen LogP contribution in [0.5, 0.6) is 0 Å². The first-order valence-electron chi connectivity index (χ1n) is 6.44. The Morgan fingerprint density at radius 3 is 2.71 bits per heavy atom. The van der Waals surface area contributed by atoms with E-state index in [1.807, 2.05) is 6.20 Å². The van der Waals surface area contributed by atoms with Crippen LogP contribution in [0.3, 0.4) is 0 Å². The lowest BCUT2D eigenvalue weighted by Gasteiger charge is -2.24. The average molecular weight is 229 g/mol. The summed E-state index contributed by atoms with van der Waals surface area (Å²) in [5, 5.41) is 3.02. The fourth-order valence-electron chi connectivity index (χ4n) is 2.62. The maximum Gasteiger partial charge on any atom is 0.272 e. The van der Waals surface area contributed by atoms with Crippen molar-refractivity contribution in [1.29, 1.82) is 0 Å². The molecule has 0 aromatic carbocycles. The van der Waals surface area contributed by atoms with Crippen molar-refractivity contribution in [2.75, 3.05) is 0 Å². The van der Waals surface area contributed by atoms with E-state index in [0.717, 1.165) is 11.3 Å². The summed E-state index contributed by atoms with van der Waals surface area (Å²) in [6, 6.07) is 1.70. The molecule has 0 amide bonds. The van der Waals surface area contributed by atoms with E-state index < -0.39 is 0 Å². The Morgan fingerprint density at radius 1 is 1.24 bits per heavy atom. The number of hydrogen-bond donors (Lipinski definition) is 1. The highest BCUT2D eigenvalue weighted by Gasteiger charge is 2.29. The topological polar surface area (TPSA) is 50.2 Å². The number of hydrogen-bond acceptors (Lipinski definition) is 2. The summed E-state index contributed by atoms with van der Waals surface area (Å²) in [5.41, 5.74) is 3.12. The lowest BCUT2D eigenvalue weighted by atomic mass is 9.83. The minimum atomic E-state index is 0.0313.